The summed E-state index contributed by atoms with van der Waals surface area (Å²) in [6.07, 6.45) is 4.10. The van der Waals surface area contributed by atoms with E-state index in [1.807, 2.05) is 13.0 Å². The number of likely N-dealkylation sites (N-methyl/N-ethyl adjacent to an activating group) is 1. The fourth-order valence-electron chi connectivity index (χ4n) is 1.65. The molecule has 110 valence electrons. The summed E-state index contributed by atoms with van der Waals surface area (Å²) >= 11 is 1.31. The maximum Gasteiger partial charge on any atom is 0.250 e. The summed E-state index contributed by atoms with van der Waals surface area (Å²) in [5.41, 5.74) is 0.803. The molecule has 0 aromatic carbocycles. The van der Waals surface area contributed by atoms with Gasteiger partial charge in [-0.15, -0.1) is 11.3 Å². The van der Waals surface area contributed by atoms with Crippen molar-refractivity contribution in [2.75, 3.05) is 13.1 Å². The Labute approximate surface area is 122 Å². The lowest BCUT2D eigenvalue weighted by atomic mass is 10.3. The summed E-state index contributed by atoms with van der Waals surface area (Å²) in [4.78, 5) is 1.06. The molecule has 2 heterocycles. The number of aromatic amines is 1. The van der Waals surface area contributed by atoms with Gasteiger partial charge in [0, 0.05) is 23.2 Å². The summed E-state index contributed by atoms with van der Waals surface area (Å²) in [7, 11) is -3.44. The van der Waals surface area contributed by atoms with E-state index in [0.717, 1.165) is 30.0 Å². The number of aromatic nitrogens is 2. The van der Waals surface area contributed by atoms with E-state index in [-0.39, 0.29) is 6.54 Å². The van der Waals surface area contributed by atoms with Crippen molar-refractivity contribution in [1.29, 1.82) is 0 Å². The van der Waals surface area contributed by atoms with Crippen LogP contribution in [0.4, 0.5) is 0 Å². The first-order valence-corrected chi connectivity index (χ1v) is 8.68. The van der Waals surface area contributed by atoms with Gasteiger partial charge < -0.3 is 5.32 Å². The van der Waals surface area contributed by atoms with Gasteiger partial charge in [-0.2, -0.15) is 5.10 Å². The molecule has 0 aliphatic rings. The fraction of sp³-hybridized carbons (Fsp3) is 0.417. The lowest BCUT2D eigenvalue weighted by Crippen LogP contribution is -2.22. The molecular weight excluding hydrogens is 296 g/mol. The molecule has 0 aliphatic carbocycles. The first-order valence-electron chi connectivity index (χ1n) is 6.38. The second-order valence-electron chi connectivity index (χ2n) is 4.26. The topological polar surface area (TPSA) is 86.9 Å². The predicted molar refractivity (Wildman–Crippen MR) is 79.2 cm³/mol. The maximum atomic E-state index is 12.1. The molecule has 20 heavy (non-hydrogen) atoms. The van der Waals surface area contributed by atoms with Crippen molar-refractivity contribution >= 4 is 21.4 Å². The van der Waals surface area contributed by atoms with Crippen LogP contribution in [0.15, 0.2) is 28.7 Å². The molecule has 0 bridgehead atoms. The minimum Gasteiger partial charge on any atom is -0.317 e. The zero-order valence-corrected chi connectivity index (χ0v) is 12.9. The molecule has 2 aromatic heterocycles. The van der Waals surface area contributed by atoms with E-state index in [0.29, 0.717) is 4.21 Å². The van der Waals surface area contributed by atoms with E-state index < -0.39 is 10.0 Å². The van der Waals surface area contributed by atoms with Gasteiger partial charge in [0.1, 0.15) is 4.21 Å². The highest BCUT2D eigenvalue weighted by atomic mass is 32.2. The van der Waals surface area contributed by atoms with Gasteiger partial charge in [-0.05, 0) is 31.6 Å². The Balaban J connectivity index is 1.95. The van der Waals surface area contributed by atoms with Gasteiger partial charge in [0.05, 0.1) is 6.20 Å². The molecular formula is C12H18N4O2S2. The molecule has 0 aliphatic heterocycles. The first kappa shape index (κ1) is 15.2. The Morgan fingerprint density at radius 3 is 2.95 bits per heavy atom. The average Bonchev–Trinajstić information content (AvgIpc) is 3.08. The zero-order valence-electron chi connectivity index (χ0n) is 11.2. The van der Waals surface area contributed by atoms with Crippen molar-refractivity contribution < 1.29 is 8.42 Å². The standard InChI is InChI=1S/C12H18N4O2S2/c1-2-13-6-5-11-3-4-12(19-11)20(17,18)16-9-10-7-14-15-8-10/h3-4,7-8,13,16H,2,5-6,9H2,1H3,(H,14,15). The highest BCUT2D eigenvalue weighted by molar-refractivity contribution is 7.91. The number of rotatable bonds is 8. The molecule has 0 fully saturated rings. The Morgan fingerprint density at radius 1 is 1.40 bits per heavy atom. The number of H-pyrrole nitrogens is 1. The van der Waals surface area contributed by atoms with Gasteiger partial charge in [0.15, 0.2) is 0 Å². The number of hydrogen-bond acceptors (Lipinski definition) is 5. The second-order valence-corrected chi connectivity index (χ2v) is 7.42. The van der Waals surface area contributed by atoms with Crippen LogP contribution < -0.4 is 10.0 Å². The van der Waals surface area contributed by atoms with Crippen LogP contribution >= 0.6 is 11.3 Å². The van der Waals surface area contributed by atoms with Crippen LogP contribution in [0.25, 0.3) is 0 Å². The van der Waals surface area contributed by atoms with Gasteiger partial charge in [-0.25, -0.2) is 13.1 Å². The van der Waals surface area contributed by atoms with Gasteiger partial charge in [0.25, 0.3) is 0 Å². The molecule has 0 amide bonds. The van der Waals surface area contributed by atoms with Crippen LogP contribution in [0, 0.1) is 0 Å². The SMILES string of the molecule is CCNCCc1ccc(S(=O)(=O)NCc2cn[nH]c2)s1. The molecule has 2 rings (SSSR count). The lowest BCUT2D eigenvalue weighted by molar-refractivity contribution is 0.583. The van der Waals surface area contributed by atoms with Crippen molar-refractivity contribution in [2.24, 2.45) is 0 Å². The molecule has 3 N–H and O–H groups in total. The van der Waals surface area contributed by atoms with Gasteiger partial charge >= 0.3 is 0 Å². The zero-order chi connectivity index (χ0) is 14.4. The number of thiophene rings is 1. The summed E-state index contributed by atoms with van der Waals surface area (Å²) < 4.78 is 27.2. The molecule has 0 spiro atoms. The number of nitrogens with zero attached hydrogens (tertiary/aromatic N) is 1. The molecule has 0 saturated heterocycles. The van der Waals surface area contributed by atoms with Crippen molar-refractivity contribution in [3.63, 3.8) is 0 Å². The van der Waals surface area contributed by atoms with E-state index in [1.54, 1.807) is 18.5 Å². The van der Waals surface area contributed by atoms with Crippen molar-refractivity contribution in [3.8, 4) is 0 Å². The second kappa shape index (κ2) is 6.98. The Hall–Kier alpha value is -1.22. The molecule has 8 heteroatoms. The normalized spacial score (nSPS) is 11.8. The molecule has 0 radical (unpaired) electrons. The highest BCUT2D eigenvalue weighted by Gasteiger charge is 2.16. The maximum absolute atomic E-state index is 12.1. The quantitative estimate of drug-likeness (QED) is 0.637. The third kappa shape index (κ3) is 4.14. The average molecular weight is 314 g/mol. The first-order chi connectivity index (χ1) is 9.62. The monoisotopic (exact) mass is 314 g/mol. The molecule has 0 saturated carbocycles. The number of hydrogen-bond donors (Lipinski definition) is 3. The minimum absolute atomic E-state index is 0.240. The van der Waals surface area contributed by atoms with E-state index in [2.05, 4.69) is 20.2 Å². The van der Waals surface area contributed by atoms with E-state index in [4.69, 9.17) is 0 Å². The van der Waals surface area contributed by atoms with Crippen LogP contribution in [0.1, 0.15) is 17.4 Å². The van der Waals surface area contributed by atoms with Crippen LogP contribution in [0.2, 0.25) is 0 Å². The van der Waals surface area contributed by atoms with Crippen molar-refractivity contribution in [2.45, 2.75) is 24.1 Å². The smallest absolute Gasteiger partial charge is 0.250 e. The van der Waals surface area contributed by atoms with Crippen LogP contribution in [-0.2, 0) is 23.0 Å². The lowest BCUT2D eigenvalue weighted by Gasteiger charge is -2.02. The van der Waals surface area contributed by atoms with E-state index in [9.17, 15) is 8.42 Å². The minimum atomic E-state index is -3.44. The molecule has 2 aromatic rings. The Bertz CT molecular complexity index is 620. The summed E-state index contributed by atoms with van der Waals surface area (Å²) in [5, 5.41) is 9.65. The fourth-order valence-corrected chi connectivity index (χ4v) is 4.07. The molecule has 6 nitrogen and oxygen atoms in total. The third-order valence-corrected chi connectivity index (χ3v) is 5.76. The van der Waals surface area contributed by atoms with Crippen molar-refractivity contribution in [1.82, 2.24) is 20.2 Å². The van der Waals surface area contributed by atoms with Crippen LogP contribution in [-0.4, -0.2) is 31.7 Å². The van der Waals surface area contributed by atoms with Gasteiger partial charge in [-0.1, -0.05) is 6.92 Å². The van der Waals surface area contributed by atoms with Crippen LogP contribution in [0.3, 0.4) is 0 Å². The van der Waals surface area contributed by atoms with E-state index >= 15 is 0 Å². The molecule has 0 atom stereocenters. The van der Waals surface area contributed by atoms with Gasteiger partial charge in [-0.3, -0.25) is 5.10 Å². The Morgan fingerprint density at radius 2 is 2.25 bits per heavy atom. The Kier molecular flexibility index (Phi) is 5.30. The number of nitrogens with one attached hydrogen (secondary N) is 3. The highest BCUT2D eigenvalue weighted by Crippen LogP contribution is 2.21. The summed E-state index contributed by atoms with van der Waals surface area (Å²) in [6.45, 7) is 4.06. The van der Waals surface area contributed by atoms with Gasteiger partial charge in [0.2, 0.25) is 10.0 Å². The van der Waals surface area contributed by atoms with Crippen LogP contribution in [0.5, 0.6) is 0 Å². The third-order valence-electron chi connectivity index (χ3n) is 2.72. The summed E-state index contributed by atoms with van der Waals surface area (Å²) in [5.74, 6) is 0. The van der Waals surface area contributed by atoms with Crippen molar-refractivity contribution in [3.05, 3.63) is 35.0 Å². The number of sulfonamides is 1. The largest absolute Gasteiger partial charge is 0.317 e. The summed E-state index contributed by atoms with van der Waals surface area (Å²) in [6, 6.07) is 3.53. The molecule has 0 unspecified atom stereocenters. The van der Waals surface area contributed by atoms with E-state index in [1.165, 1.54) is 11.3 Å². The predicted octanol–water partition coefficient (Wildman–Crippen LogP) is 1.10.